The summed E-state index contributed by atoms with van der Waals surface area (Å²) in [6.45, 7) is 1.97. The summed E-state index contributed by atoms with van der Waals surface area (Å²) in [4.78, 5) is 37.2. The molecule has 2 fully saturated rings. The highest BCUT2D eigenvalue weighted by molar-refractivity contribution is 7.16. The minimum absolute atomic E-state index is 0.0952. The van der Waals surface area contributed by atoms with Gasteiger partial charge in [-0.15, -0.1) is 11.3 Å². The van der Waals surface area contributed by atoms with Gasteiger partial charge in [0, 0.05) is 4.88 Å². The van der Waals surface area contributed by atoms with Crippen LogP contribution >= 0.6 is 11.3 Å². The van der Waals surface area contributed by atoms with E-state index >= 15 is 0 Å². The number of methoxy groups -OCH3 is 1. The van der Waals surface area contributed by atoms with Gasteiger partial charge in [-0.25, -0.2) is 4.79 Å². The Morgan fingerprint density at radius 1 is 1.29 bits per heavy atom. The molecule has 2 aliphatic rings. The van der Waals surface area contributed by atoms with Crippen LogP contribution in [0, 0.1) is 23.7 Å². The van der Waals surface area contributed by atoms with Crippen LogP contribution in [0.1, 0.15) is 41.4 Å². The maximum absolute atomic E-state index is 12.8. The fourth-order valence-corrected chi connectivity index (χ4v) is 5.18. The molecule has 7 heteroatoms. The Kier molecular flexibility index (Phi) is 4.62. The van der Waals surface area contributed by atoms with E-state index in [1.54, 1.807) is 6.07 Å². The van der Waals surface area contributed by atoms with E-state index in [4.69, 9.17) is 4.74 Å². The van der Waals surface area contributed by atoms with Crippen LogP contribution in [0.4, 0.5) is 5.00 Å². The molecule has 6 nitrogen and oxygen atoms in total. The van der Waals surface area contributed by atoms with E-state index in [1.165, 1.54) is 18.4 Å². The molecule has 2 bridgehead atoms. The summed E-state index contributed by atoms with van der Waals surface area (Å²) >= 11 is 1.34. The third kappa shape index (κ3) is 2.81. The molecule has 2 saturated carbocycles. The number of carboxylic acid groups (broad SMARTS) is 1. The predicted molar refractivity (Wildman–Crippen MR) is 89.1 cm³/mol. The quantitative estimate of drug-likeness (QED) is 0.796. The topological polar surface area (TPSA) is 92.7 Å². The largest absolute Gasteiger partial charge is 0.481 e. The van der Waals surface area contributed by atoms with Gasteiger partial charge in [-0.2, -0.15) is 0 Å². The van der Waals surface area contributed by atoms with Gasteiger partial charge in [-0.05, 0) is 43.6 Å². The SMILES string of the molecule is CCc1cc(C(=O)OC)c(NC(=O)C2C3CCC(C3)C2C(=O)O)s1. The molecule has 0 spiro atoms. The Morgan fingerprint density at radius 3 is 2.54 bits per heavy atom. The number of aliphatic carboxylic acids is 1. The van der Waals surface area contributed by atoms with E-state index in [2.05, 4.69) is 5.32 Å². The highest BCUT2D eigenvalue weighted by atomic mass is 32.1. The molecule has 0 aliphatic heterocycles. The second-order valence-electron chi connectivity index (χ2n) is 6.51. The second kappa shape index (κ2) is 6.55. The van der Waals surface area contributed by atoms with Crippen LogP contribution in [0.5, 0.6) is 0 Å². The fourth-order valence-electron chi connectivity index (χ4n) is 4.19. The van der Waals surface area contributed by atoms with Crippen molar-refractivity contribution in [3.05, 3.63) is 16.5 Å². The summed E-state index contributed by atoms with van der Waals surface area (Å²) in [5, 5.41) is 12.8. The number of esters is 1. The van der Waals surface area contributed by atoms with Crippen molar-refractivity contribution < 1.29 is 24.2 Å². The molecule has 4 unspecified atom stereocenters. The van der Waals surface area contributed by atoms with E-state index in [1.807, 2.05) is 6.92 Å². The summed E-state index contributed by atoms with van der Waals surface area (Å²) in [6, 6.07) is 1.72. The van der Waals surface area contributed by atoms with Gasteiger partial charge in [0.05, 0.1) is 24.5 Å². The first-order valence-electron chi connectivity index (χ1n) is 8.20. The van der Waals surface area contributed by atoms with Crippen molar-refractivity contribution in [1.82, 2.24) is 0 Å². The van der Waals surface area contributed by atoms with Crippen LogP contribution in [0.25, 0.3) is 0 Å². The predicted octanol–water partition coefficient (Wildman–Crippen LogP) is 2.78. The fraction of sp³-hybridized carbons (Fsp3) is 0.588. The standard InChI is InChI=1S/C17H21NO5S/c1-3-10-7-11(17(22)23-2)15(24-10)18-14(19)12-8-4-5-9(6-8)13(12)16(20)21/h7-9,12-13H,3-6H2,1-2H3,(H,18,19)(H,20,21). The Bertz CT molecular complexity index is 683. The summed E-state index contributed by atoms with van der Waals surface area (Å²) in [6.07, 6.45) is 3.35. The Balaban J connectivity index is 1.83. The minimum atomic E-state index is -0.893. The van der Waals surface area contributed by atoms with E-state index in [9.17, 15) is 19.5 Å². The summed E-state index contributed by atoms with van der Waals surface area (Å²) in [5.74, 6) is -2.58. The minimum Gasteiger partial charge on any atom is -0.481 e. The first-order valence-corrected chi connectivity index (χ1v) is 9.02. The maximum Gasteiger partial charge on any atom is 0.340 e. The molecular formula is C17H21NO5S. The number of thiophene rings is 1. The number of anilines is 1. The number of nitrogens with one attached hydrogen (secondary N) is 1. The molecule has 24 heavy (non-hydrogen) atoms. The molecule has 2 aliphatic carbocycles. The number of hydrogen-bond acceptors (Lipinski definition) is 5. The second-order valence-corrected chi connectivity index (χ2v) is 7.65. The molecule has 3 rings (SSSR count). The van der Waals surface area contributed by atoms with Crippen LogP contribution < -0.4 is 5.32 Å². The highest BCUT2D eigenvalue weighted by Gasteiger charge is 2.54. The Hall–Kier alpha value is -1.89. The van der Waals surface area contributed by atoms with Gasteiger partial charge >= 0.3 is 11.9 Å². The molecule has 2 N–H and O–H groups in total. The van der Waals surface area contributed by atoms with Crippen molar-refractivity contribution in [2.75, 3.05) is 12.4 Å². The van der Waals surface area contributed by atoms with Crippen molar-refractivity contribution >= 4 is 34.2 Å². The summed E-state index contributed by atoms with van der Waals surface area (Å²) in [7, 11) is 1.30. The lowest BCUT2D eigenvalue weighted by Crippen LogP contribution is -2.37. The zero-order valence-corrected chi connectivity index (χ0v) is 14.5. The molecule has 0 saturated heterocycles. The Morgan fingerprint density at radius 2 is 1.96 bits per heavy atom. The lowest BCUT2D eigenvalue weighted by molar-refractivity contribution is -0.148. The molecule has 130 valence electrons. The average Bonchev–Trinajstić information content (AvgIpc) is 3.27. The molecule has 1 heterocycles. The maximum atomic E-state index is 12.8. The third-order valence-electron chi connectivity index (χ3n) is 5.28. The number of amides is 1. The molecule has 0 aromatic carbocycles. The van der Waals surface area contributed by atoms with Gasteiger partial charge in [0.15, 0.2) is 0 Å². The average molecular weight is 351 g/mol. The zero-order valence-electron chi connectivity index (χ0n) is 13.7. The van der Waals surface area contributed by atoms with Gasteiger partial charge in [-0.3, -0.25) is 9.59 Å². The molecule has 1 amide bonds. The number of hydrogen-bond donors (Lipinski definition) is 2. The molecular weight excluding hydrogens is 330 g/mol. The van der Waals surface area contributed by atoms with Gasteiger partial charge in [0.25, 0.3) is 0 Å². The summed E-state index contributed by atoms with van der Waals surface area (Å²) in [5.41, 5.74) is 0.336. The van der Waals surface area contributed by atoms with Crippen molar-refractivity contribution in [3.8, 4) is 0 Å². The van der Waals surface area contributed by atoms with Gasteiger partial charge in [0.1, 0.15) is 5.00 Å². The van der Waals surface area contributed by atoms with Crippen LogP contribution in [-0.2, 0) is 20.7 Å². The summed E-state index contributed by atoms with van der Waals surface area (Å²) < 4.78 is 4.77. The van der Waals surface area contributed by atoms with Crippen LogP contribution in [-0.4, -0.2) is 30.1 Å². The third-order valence-corrected chi connectivity index (χ3v) is 6.47. The lowest BCUT2D eigenvalue weighted by atomic mass is 9.79. The number of fused-ring (bicyclic) bond motifs is 2. The molecule has 0 radical (unpaired) electrons. The number of carboxylic acids is 1. The van der Waals surface area contributed by atoms with Crippen molar-refractivity contribution in [2.24, 2.45) is 23.7 Å². The zero-order chi connectivity index (χ0) is 17.4. The number of aryl methyl sites for hydroxylation is 1. The van der Waals surface area contributed by atoms with Gasteiger partial charge in [-0.1, -0.05) is 6.92 Å². The first kappa shape index (κ1) is 17.0. The number of ether oxygens (including phenoxy) is 1. The van der Waals surface area contributed by atoms with E-state index < -0.39 is 23.8 Å². The number of carbonyl (C=O) groups is 3. The smallest absolute Gasteiger partial charge is 0.340 e. The van der Waals surface area contributed by atoms with E-state index in [-0.39, 0.29) is 17.7 Å². The van der Waals surface area contributed by atoms with Crippen LogP contribution in [0.2, 0.25) is 0 Å². The van der Waals surface area contributed by atoms with Crippen LogP contribution in [0.3, 0.4) is 0 Å². The van der Waals surface area contributed by atoms with Crippen molar-refractivity contribution in [1.29, 1.82) is 0 Å². The van der Waals surface area contributed by atoms with Crippen LogP contribution in [0.15, 0.2) is 6.07 Å². The highest BCUT2D eigenvalue weighted by Crippen LogP contribution is 2.52. The number of carbonyl (C=O) groups excluding carboxylic acids is 2. The molecule has 4 atom stereocenters. The van der Waals surface area contributed by atoms with Gasteiger partial charge in [0.2, 0.25) is 5.91 Å². The molecule has 1 aromatic rings. The van der Waals surface area contributed by atoms with Crippen molar-refractivity contribution in [3.63, 3.8) is 0 Å². The number of rotatable bonds is 5. The Labute approximate surface area is 144 Å². The van der Waals surface area contributed by atoms with E-state index in [0.717, 1.165) is 30.6 Å². The first-order chi connectivity index (χ1) is 11.5. The van der Waals surface area contributed by atoms with Crippen molar-refractivity contribution in [2.45, 2.75) is 32.6 Å². The van der Waals surface area contributed by atoms with Gasteiger partial charge < -0.3 is 15.2 Å². The molecule has 1 aromatic heterocycles. The normalized spacial score (nSPS) is 27.9. The van der Waals surface area contributed by atoms with E-state index in [0.29, 0.717) is 10.6 Å². The lowest BCUT2D eigenvalue weighted by Gasteiger charge is -2.26. The monoisotopic (exact) mass is 351 g/mol.